The maximum Gasteiger partial charge on any atom is 0.236 e. The van der Waals surface area contributed by atoms with Crippen LogP contribution in [0.25, 0.3) is 0 Å². The fraction of sp³-hybridized carbons (Fsp3) is 0.600. The third kappa shape index (κ3) is 4.20. The maximum absolute atomic E-state index is 12.1. The van der Waals surface area contributed by atoms with Crippen LogP contribution in [0.15, 0.2) is 18.3 Å². The first kappa shape index (κ1) is 14.8. The Bertz CT molecular complexity index is 429. The molecule has 1 saturated heterocycles. The summed E-state index contributed by atoms with van der Waals surface area (Å²) in [6, 6.07) is 3.82. The van der Waals surface area contributed by atoms with Crippen molar-refractivity contribution in [3.8, 4) is 5.88 Å². The van der Waals surface area contributed by atoms with E-state index in [9.17, 15) is 4.79 Å². The Morgan fingerprint density at radius 1 is 1.35 bits per heavy atom. The van der Waals surface area contributed by atoms with E-state index in [2.05, 4.69) is 10.3 Å². The van der Waals surface area contributed by atoms with Gasteiger partial charge in [-0.3, -0.25) is 4.79 Å². The normalized spacial score (nSPS) is 15.8. The van der Waals surface area contributed by atoms with Crippen LogP contribution in [0.4, 0.5) is 0 Å². The quantitative estimate of drug-likeness (QED) is 0.888. The van der Waals surface area contributed by atoms with Gasteiger partial charge in [-0.1, -0.05) is 18.9 Å². The van der Waals surface area contributed by atoms with Gasteiger partial charge in [-0.05, 0) is 18.9 Å². The summed E-state index contributed by atoms with van der Waals surface area (Å²) < 4.78 is 5.19. The number of methoxy groups -OCH3 is 1. The van der Waals surface area contributed by atoms with Crippen molar-refractivity contribution >= 4 is 5.91 Å². The fourth-order valence-electron chi connectivity index (χ4n) is 2.48. The minimum absolute atomic E-state index is 0.190. The number of carbonyl (C=O) groups excluding carboxylic acids is 1. The second-order valence-electron chi connectivity index (χ2n) is 5.07. The molecule has 0 spiro atoms. The summed E-state index contributed by atoms with van der Waals surface area (Å²) in [5.41, 5.74) is 0.971. The van der Waals surface area contributed by atoms with Gasteiger partial charge >= 0.3 is 0 Å². The van der Waals surface area contributed by atoms with Crippen molar-refractivity contribution in [3.63, 3.8) is 0 Å². The van der Waals surface area contributed by atoms with Gasteiger partial charge < -0.3 is 15.0 Å². The van der Waals surface area contributed by atoms with Crippen molar-refractivity contribution in [2.45, 2.75) is 32.2 Å². The molecule has 0 unspecified atom stereocenters. The van der Waals surface area contributed by atoms with Gasteiger partial charge in [0.1, 0.15) is 0 Å². The maximum atomic E-state index is 12.1. The van der Waals surface area contributed by atoms with Crippen molar-refractivity contribution in [3.05, 3.63) is 23.9 Å². The highest BCUT2D eigenvalue weighted by atomic mass is 16.5. The molecule has 2 rings (SSSR count). The molecule has 2 heterocycles. The van der Waals surface area contributed by atoms with Crippen LogP contribution in [0.1, 0.15) is 31.2 Å². The number of nitrogens with zero attached hydrogens (tertiary/aromatic N) is 2. The Balaban J connectivity index is 1.78. The first-order valence-corrected chi connectivity index (χ1v) is 7.27. The largest absolute Gasteiger partial charge is 0.481 e. The molecule has 0 aromatic carbocycles. The molecule has 5 nitrogen and oxygen atoms in total. The second-order valence-corrected chi connectivity index (χ2v) is 5.07. The molecule has 1 N–H and O–H groups in total. The average molecular weight is 277 g/mol. The number of nitrogens with one attached hydrogen (secondary N) is 1. The van der Waals surface area contributed by atoms with E-state index in [-0.39, 0.29) is 5.91 Å². The highest BCUT2D eigenvalue weighted by Crippen LogP contribution is 2.13. The molecule has 1 fully saturated rings. The number of pyridine rings is 1. The van der Waals surface area contributed by atoms with Gasteiger partial charge in [-0.2, -0.15) is 0 Å². The summed E-state index contributed by atoms with van der Waals surface area (Å²) in [4.78, 5) is 18.2. The van der Waals surface area contributed by atoms with Gasteiger partial charge in [-0.25, -0.2) is 4.98 Å². The molecule has 1 aromatic rings. The Labute approximate surface area is 120 Å². The summed E-state index contributed by atoms with van der Waals surface area (Å²) >= 11 is 0. The number of ether oxygens (including phenoxy) is 1. The zero-order valence-electron chi connectivity index (χ0n) is 12.1. The fourth-order valence-corrected chi connectivity index (χ4v) is 2.48. The number of likely N-dealkylation sites (tertiary alicyclic amines) is 1. The molecule has 0 saturated carbocycles. The molecule has 0 atom stereocenters. The van der Waals surface area contributed by atoms with Gasteiger partial charge in [0, 0.05) is 31.4 Å². The zero-order chi connectivity index (χ0) is 14.2. The number of rotatable bonds is 5. The van der Waals surface area contributed by atoms with Crippen LogP contribution in [-0.4, -0.2) is 42.5 Å². The lowest BCUT2D eigenvalue weighted by Crippen LogP contribution is -2.38. The van der Waals surface area contributed by atoms with Crippen molar-refractivity contribution in [1.82, 2.24) is 15.2 Å². The number of amides is 1. The second kappa shape index (κ2) is 7.85. The summed E-state index contributed by atoms with van der Waals surface area (Å²) in [7, 11) is 1.61. The molecule has 0 bridgehead atoms. The molecular weight excluding hydrogens is 254 g/mol. The third-order valence-electron chi connectivity index (χ3n) is 3.59. The van der Waals surface area contributed by atoms with Crippen LogP contribution >= 0.6 is 0 Å². The topological polar surface area (TPSA) is 54.5 Å². The third-order valence-corrected chi connectivity index (χ3v) is 3.59. The van der Waals surface area contributed by atoms with Gasteiger partial charge in [0.25, 0.3) is 0 Å². The highest BCUT2D eigenvalue weighted by molar-refractivity contribution is 5.78. The number of aromatic nitrogens is 1. The van der Waals surface area contributed by atoms with Crippen molar-refractivity contribution in [1.29, 1.82) is 0 Å². The van der Waals surface area contributed by atoms with Crippen LogP contribution in [0.5, 0.6) is 5.88 Å². The van der Waals surface area contributed by atoms with E-state index in [1.54, 1.807) is 13.3 Å². The van der Waals surface area contributed by atoms with Crippen molar-refractivity contribution < 1.29 is 9.53 Å². The van der Waals surface area contributed by atoms with E-state index in [0.29, 0.717) is 19.0 Å². The minimum atomic E-state index is 0.190. The number of hydrogen-bond donors (Lipinski definition) is 1. The lowest BCUT2D eigenvalue weighted by atomic mass is 10.2. The first-order valence-electron chi connectivity index (χ1n) is 7.27. The summed E-state index contributed by atoms with van der Waals surface area (Å²) in [5.74, 6) is 0.803. The van der Waals surface area contributed by atoms with E-state index in [4.69, 9.17) is 4.74 Å². The highest BCUT2D eigenvalue weighted by Gasteiger charge is 2.15. The van der Waals surface area contributed by atoms with Crippen molar-refractivity contribution in [2.75, 3.05) is 26.7 Å². The minimum Gasteiger partial charge on any atom is -0.481 e. The van der Waals surface area contributed by atoms with Gasteiger partial charge in [0.15, 0.2) is 0 Å². The van der Waals surface area contributed by atoms with Gasteiger partial charge in [-0.15, -0.1) is 0 Å². The van der Waals surface area contributed by atoms with Crippen molar-refractivity contribution in [2.24, 2.45) is 0 Å². The Kier molecular flexibility index (Phi) is 5.80. The molecule has 1 aromatic heterocycles. The van der Waals surface area contributed by atoms with E-state index >= 15 is 0 Å². The molecule has 0 radical (unpaired) electrons. The van der Waals surface area contributed by atoms with Gasteiger partial charge in [0.05, 0.1) is 13.7 Å². The summed E-state index contributed by atoms with van der Waals surface area (Å²) in [5, 5.41) is 3.18. The summed E-state index contributed by atoms with van der Waals surface area (Å²) in [6.07, 6.45) is 6.43. The molecule has 110 valence electrons. The number of hydrogen-bond acceptors (Lipinski definition) is 4. The SMILES string of the molecule is COc1ncccc1CNCC(=O)N1CCCCCC1. The van der Waals surface area contributed by atoms with Crippen LogP contribution in [0.3, 0.4) is 0 Å². The Morgan fingerprint density at radius 2 is 2.10 bits per heavy atom. The van der Waals surface area contributed by atoms with E-state index in [1.165, 1.54) is 12.8 Å². The summed E-state index contributed by atoms with van der Waals surface area (Å²) in [6.45, 7) is 2.77. The smallest absolute Gasteiger partial charge is 0.236 e. The molecule has 0 aliphatic carbocycles. The van der Waals surface area contributed by atoms with E-state index in [0.717, 1.165) is 31.5 Å². The monoisotopic (exact) mass is 277 g/mol. The van der Waals surface area contributed by atoms with Crippen LogP contribution in [0.2, 0.25) is 0 Å². The van der Waals surface area contributed by atoms with Crippen LogP contribution in [-0.2, 0) is 11.3 Å². The Hall–Kier alpha value is -1.62. The predicted molar refractivity (Wildman–Crippen MR) is 77.5 cm³/mol. The van der Waals surface area contributed by atoms with E-state index in [1.807, 2.05) is 17.0 Å². The van der Waals surface area contributed by atoms with Crippen LogP contribution < -0.4 is 10.1 Å². The standard InChI is InChI=1S/C15H23N3O2/c1-20-15-13(7-6-8-17-15)11-16-12-14(19)18-9-4-2-3-5-10-18/h6-8,16H,2-5,9-12H2,1H3. The lowest BCUT2D eigenvalue weighted by Gasteiger charge is -2.20. The average Bonchev–Trinajstić information content (AvgIpc) is 2.77. The molecule has 1 amide bonds. The van der Waals surface area contributed by atoms with Crippen LogP contribution in [0, 0.1) is 0 Å². The molecule has 1 aliphatic heterocycles. The molecule has 20 heavy (non-hydrogen) atoms. The molecule has 1 aliphatic rings. The van der Waals surface area contributed by atoms with E-state index < -0.39 is 0 Å². The first-order chi connectivity index (χ1) is 9.81. The zero-order valence-corrected chi connectivity index (χ0v) is 12.1. The lowest BCUT2D eigenvalue weighted by molar-refractivity contribution is -0.130. The Morgan fingerprint density at radius 3 is 2.80 bits per heavy atom. The predicted octanol–water partition coefficient (Wildman–Crippen LogP) is 1.58. The van der Waals surface area contributed by atoms with Gasteiger partial charge in [0.2, 0.25) is 11.8 Å². The number of carbonyl (C=O) groups is 1. The molecule has 5 heteroatoms. The molecular formula is C15H23N3O2.